The van der Waals surface area contributed by atoms with Gasteiger partial charge >= 0.3 is 0 Å². The summed E-state index contributed by atoms with van der Waals surface area (Å²) in [5.74, 6) is -3.95. The van der Waals surface area contributed by atoms with E-state index in [1.807, 2.05) is 0 Å². The molecule has 18 nitrogen and oxygen atoms in total. The minimum absolute atomic E-state index is 0.243. The standard InChI is InChI=1S/C51H60O18S3/c1-28(55)46(64)43(61,22-31-13-7-4-8-14-31)40(58)37(25-52)67-49(46,70)34-19-35(50(71)47(65,29(2)56)44(62,41(59)38(26-53)68-50)23-32-15-9-5-10-16-32)21-36(20-34)51(72)48(66,30(3)57)45(63,42(60)39(27-54)69-51)24-33-17-11-6-12-18-33/h4-21,37-42,52-54,58-66,70-72H,22-27H2,1-3H3/t37-,38-,39-,40+,41+,42+,43-,44-,45-,46+,47+,48+,49-,50-,51-/m1/s1. The Morgan fingerprint density at radius 1 is 0.431 bits per heavy atom. The lowest BCUT2D eigenvalue weighted by molar-refractivity contribution is -0.323. The maximum Gasteiger partial charge on any atom is 0.197 e. The van der Waals surface area contributed by atoms with E-state index in [1.54, 1.807) is 54.6 Å². The molecule has 0 radical (unpaired) electrons. The molecule has 0 aliphatic carbocycles. The number of carbonyl (C=O) groups excluding carboxylic acids is 3. The molecule has 390 valence electrons. The van der Waals surface area contributed by atoms with E-state index < -0.39 is 158 Å². The van der Waals surface area contributed by atoms with Gasteiger partial charge in [-0.05, 0) is 72.4 Å². The molecule has 4 aromatic carbocycles. The molecule has 4 aromatic rings. The van der Waals surface area contributed by atoms with Crippen LogP contribution in [0.3, 0.4) is 0 Å². The fourth-order valence-corrected chi connectivity index (χ4v) is 12.9. The van der Waals surface area contributed by atoms with Gasteiger partial charge < -0.3 is 75.5 Å². The van der Waals surface area contributed by atoms with E-state index >= 15 is 0 Å². The summed E-state index contributed by atoms with van der Waals surface area (Å²) in [7, 11) is 0. The van der Waals surface area contributed by atoms with Crippen LogP contribution < -0.4 is 0 Å². The van der Waals surface area contributed by atoms with Crippen molar-refractivity contribution in [3.63, 3.8) is 0 Å². The fraction of sp³-hybridized carbons (Fsp3) is 0.471. The topological polar surface area (TPSA) is 322 Å². The van der Waals surface area contributed by atoms with Crippen molar-refractivity contribution in [3.05, 3.63) is 143 Å². The number of hydrogen-bond donors (Lipinski definition) is 15. The van der Waals surface area contributed by atoms with Gasteiger partial charge in [0.05, 0.1) is 19.8 Å². The highest BCUT2D eigenvalue weighted by atomic mass is 32.1. The maximum absolute atomic E-state index is 14.4. The molecule has 0 saturated carbocycles. The fourth-order valence-electron chi connectivity index (χ4n) is 11.1. The molecule has 21 heteroatoms. The Morgan fingerprint density at radius 3 is 0.819 bits per heavy atom. The van der Waals surface area contributed by atoms with Gasteiger partial charge in [-0.1, -0.05) is 91.0 Å². The summed E-state index contributed by atoms with van der Waals surface area (Å²) in [5, 5.41) is 146. The number of aliphatic hydroxyl groups is 12. The second-order valence-corrected chi connectivity index (χ2v) is 21.0. The summed E-state index contributed by atoms with van der Waals surface area (Å²) in [4.78, 5) is 33.8. The molecule has 3 aliphatic rings. The Balaban J connectivity index is 1.63. The van der Waals surface area contributed by atoms with E-state index in [1.165, 1.54) is 36.4 Å². The molecule has 3 fully saturated rings. The summed E-state index contributed by atoms with van der Waals surface area (Å²) in [6.45, 7) is -0.856. The van der Waals surface area contributed by atoms with Crippen LogP contribution in [0.5, 0.6) is 0 Å². The lowest BCUT2D eigenvalue weighted by Gasteiger charge is -2.61. The molecule has 0 unspecified atom stereocenters. The predicted octanol–water partition coefficient (Wildman–Crippen LogP) is -0.928. The molecular formula is C51H60O18S3. The molecule has 3 aliphatic heterocycles. The van der Waals surface area contributed by atoms with Gasteiger partial charge in [0, 0.05) is 19.3 Å². The van der Waals surface area contributed by atoms with Crippen molar-refractivity contribution < 1.29 is 89.9 Å². The van der Waals surface area contributed by atoms with Gasteiger partial charge in [-0.2, -0.15) is 0 Å². The van der Waals surface area contributed by atoms with Crippen LogP contribution in [0.25, 0.3) is 0 Å². The SMILES string of the molecule is CC(=O)[C@@]1(O)[C@](S)(c2cc([C@]3(S)O[C@H](CO)[C@H](O)[C@](O)(Cc4ccccc4)[C@@]3(O)C(C)=O)cc([C@]3(S)O[C@H](CO)[C@H](O)[C@](O)(Cc4ccccc4)[C@@]3(O)C(C)=O)c2)O[C@H](CO)[C@H](O)[C@]1(O)Cc1ccccc1. The molecule has 7 rings (SSSR count). The lowest BCUT2D eigenvalue weighted by atomic mass is 9.62. The summed E-state index contributed by atoms with van der Waals surface area (Å²) in [6.07, 6.45) is -14.8. The Bertz CT molecular complexity index is 2360. The van der Waals surface area contributed by atoms with Crippen molar-refractivity contribution in [1.29, 1.82) is 0 Å². The summed E-state index contributed by atoms with van der Waals surface area (Å²) in [6, 6.07) is 26.1. The minimum Gasteiger partial charge on any atom is -0.394 e. The van der Waals surface area contributed by atoms with Gasteiger partial charge in [-0.3, -0.25) is 14.4 Å². The number of carbonyl (C=O) groups is 3. The van der Waals surface area contributed by atoms with Crippen molar-refractivity contribution in [2.24, 2.45) is 0 Å². The van der Waals surface area contributed by atoms with E-state index in [2.05, 4.69) is 0 Å². The van der Waals surface area contributed by atoms with E-state index in [9.17, 15) is 75.7 Å². The van der Waals surface area contributed by atoms with Gasteiger partial charge in [-0.25, -0.2) is 0 Å². The highest BCUT2D eigenvalue weighted by molar-refractivity contribution is 7.81. The molecule has 3 saturated heterocycles. The van der Waals surface area contributed by atoms with Crippen LogP contribution >= 0.6 is 37.9 Å². The minimum atomic E-state index is -3.46. The molecule has 0 aromatic heterocycles. The number of benzene rings is 4. The van der Waals surface area contributed by atoms with Crippen LogP contribution in [0.1, 0.15) is 54.2 Å². The van der Waals surface area contributed by atoms with Crippen molar-refractivity contribution >= 4 is 55.2 Å². The number of aliphatic hydroxyl groups excluding tert-OH is 6. The molecule has 0 spiro atoms. The second-order valence-electron chi connectivity index (χ2n) is 19.1. The number of ketones is 3. The molecule has 3 heterocycles. The third kappa shape index (κ3) is 7.98. The number of ether oxygens (including phenoxy) is 3. The quantitative estimate of drug-likeness (QED) is 0.0640. The third-order valence-corrected chi connectivity index (χ3v) is 17.0. The normalized spacial score (nSPS) is 40.1. The highest BCUT2D eigenvalue weighted by Gasteiger charge is 2.77. The van der Waals surface area contributed by atoms with Gasteiger partial charge in [0.25, 0.3) is 0 Å². The monoisotopic (exact) mass is 1060 g/mol. The Labute approximate surface area is 430 Å². The zero-order chi connectivity index (χ0) is 53.3. The van der Waals surface area contributed by atoms with Crippen LogP contribution in [0.15, 0.2) is 109 Å². The average molecular weight is 1060 g/mol. The summed E-state index contributed by atoms with van der Waals surface area (Å²) < 4.78 is 18.7. The number of thiol groups is 3. The van der Waals surface area contributed by atoms with Gasteiger partial charge in [0.15, 0.2) is 49.0 Å². The zero-order valence-corrected chi connectivity index (χ0v) is 41.9. The van der Waals surface area contributed by atoms with Gasteiger partial charge in [0.1, 0.15) is 53.4 Å². The summed E-state index contributed by atoms with van der Waals surface area (Å²) in [5.41, 5.74) is -20.9. The van der Waals surface area contributed by atoms with Crippen LogP contribution in [-0.4, -0.2) is 169 Å². The summed E-state index contributed by atoms with van der Waals surface area (Å²) >= 11 is 14.4. The largest absolute Gasteiger partial charge is 0.394 e. The third-order valence-electron chi connectivity index (χ3n) is 15.0. The van der Waals surface area contributed by atoms with Gasteiger partial charge in [-0.15, -0.1) is 37.9 Å². The number of Topliss-reactive ketones (excluding diaryl/α,β-unsaturated/α-hetero) is 3. The van der Waals surface area contributed by atoms with Crippen LogP contribution in [0.4, 0.5) is 0 Å². The van der Waals surface area contributed by atoms with Crippen molar-refractivity contribution in [2.45, 2.75) is 125 Å². The molecular weight excluding hydrogens is 997 g/mol. The molecule has 12 N–H and O–H groups in total. The Morgan fingerprint density at radius 2 is 0.639 bits per heavy atom. The van der Waals surface area contributed by atoms with Crippen LogP contribution in [0, 0.1) is 0 Å². The maximum atomic E-state index is 14.4. The lowest BCUT2D eigenvalue weighted by Crippen LogP contribution is -2.80. The second kappa shape index (κ2) is 19.8. The molecule has 0 amide bonds. The van der Waals surface area contributed by atoms with E-state index in [-0.39, 0.29) is 16.7 Å². The van der Waals surface area contributed by atoms with Gasteiger partial charge in [0.2, 0.25) is 0 Å². The highest BCUT2D eigenvalue weighted by Crippen LogP contribution is 2.61. The molecule has 0 bridgehead atoms. The van der Waals surface area contributed by atoms with E-state index in [4.69, 9.17) is 52.1 Å². The first-order chi connectivity index (χ1) is 33.6. The first-order valence-corrected chi connectivity index (χ1v) is 24.2. The Kier molecular flexibility index (Phi) is 15.4. The first-order valence-electron chi connectivity index (χ1n) is 22.8. The predicted molar refractivity (Wildman–Crippen MR) is 265 cm³/mol. The van der Waals surface area contributed by atoms with Crippen molar-refractivity contribution in [3.8, 4) is 0 Å². The van der Waals surface area contributed by atoms with Crippen LogP contribution in [-0.2, 0) is 62.7 Å². The molecule has 72 heavy (non-hydrogen) atoms. The first kappa shape index (κ1) is 56.1. The number of rotatable bonds is 15. The van der Waals surface area contributed by atoms with Crippen molar-refractivity contribution in [2.75, 3.05) is 19.8 Å². The average Bonchev–Trinajstić information content (AvgIpc) is 3.36. The molecule has 15 atom stereocenters. The smallest absolute Gasteiger partial charge is 0.197 e. The zero-order valence-electron chi connectivity index (χ0n) is 39.3. The van der Waals surface area contributed by atoms with E-state index in [0.717, 1.165) is 39.0 Å². The van der Waals surface area contributed by atoms with Crippen molar-refractivity contribution in [1.82, 2.24) is 0 Å². The van der Waals surface area contributed by atoms with Crippen LogP contribution in [0.2, 0.25) is 0 Å². The van der Waals surface area contributed by atoms with E-state index in [0.29, 0.717) is 0 Å². The number of hydrogen-bond acceptors (Lipinski definition) is 21. The Hall–Kier alpha value is -3.66.